The van der Waals surface area contributed by atoms with Crippen molar-refractivity contribution in [3.8, 4) is 0 Å². The van der Waals surface area contributed by atoms with Gasteiger partial charge in [0.1, 0.15) is 5.69 Å². The number of esters is 1. The van der Waals surface area contributed by atoms with Crippen molar-refractivity contribution in [2.24, 2.45) is 5.18 Å². The first-order valence-corrected chi connectivity index (χ1v) is 4.96. The van der Waals surface area contributed by atoms with E-state index < -0.39 is 5.97 Å². The van der Waals surface area contributed by atoms with Crippen molar-refractivity contribution < 1.29 is 9.53 Å². The number of ether oxygens (including phenoxy) is 1. The van der Waals surface area contributed by atoms with E-state index in [9.17, 15) is 9.70 Å². The maximum Gasteiger partial charge on any atom is 0.330 e. The first kappa shape index (κ1) is 12.1. The third kappa shape index (κ3) is 3.31. The van der Waals surface area contributed by atoms with E-state index in [2.05, 4.69) is 5.18 Å². The largest absolute Gasteiger partial charge is 0.463 e. The molecule has 0 radical (unpaired) electrons. The van der Waals surface area contributed by atoms with Gasteiger partial charge in [0.15, 0.2) is 0 Å². The van der Waals surface area contributed by atoms with Crippen LogP contribution in [0.25, 0.3) is 6.08 Å². The second-order valence-corrected chi connectivity index (χ2v) is 3.24. The molecule has 0 saturated carbocycles. The molecule has 4 heteroatoms. The molecular formula is C12H13NO3. The Hall–Kier alpha value is -1.97. The van der Waals surface area contributed by atoms with Crippen molar-refractivity contribution >= 4 is 17.7 Å². The molecule has 0 aliphatic rings. The van der Waals surface area contributed by atoms with E-state index >= 15 is 0 Å². The summed E-state index contributed by atoms with van der Waals surface area (Å²) in [6, 6.07) is 5.25. The highest BCUT2D eigenvalue weighted by molar-refractivity contribution is 5.88. The number of carbonyl (C=O) groups is 1. The van der Waals surface area contributed by atoms with Crippen molar-refractivity contribution in [2.45, 2.75) is 13.8 Å². The molecule has 0 atom stereocenters. The lowest BCUT2D eigenvalue weighted by atomic mass is 10.1. The van der Waals surface area contributed by atoms with Crippen molar-refractivity contribution in [1.29, 1.82) is 0 Å². The van der Waals surface area contributed by atoms with Crippen LogP contribution in [0.1, 0.15) is 18.1 Å². The lowest BCUT2D eigenvalue weighted by Gasteiger charge is -1.99. The fourth-order valence-electron chi connectivity index (χ4n) is 1.22. The number of carbonyl (C=O) groups excluding carboxylic acids is 1. The summed E-state index contributed by atoms with van der Waals surface area (Å²) in [6.07, 6.45) is 2.80. The minimum atomic E-state index is -0.431. The summed E-state index contributed by atoms with van der Waals surface area (Å²) < 4.78 is 4.73. The third-order valence-electron chi connectivity index (χ3n) is 1.97. The van der Waals surface area contributed by atoms with Gasteiger partial charge in [0.05, 0.1) is 6.61 Å². The second kappa shape index (κ2) is 5.80. The molecule has 0 aromatic heterocycles. The van der Waals surface area contributed by atoms with E-state index in [0.717, 1.165) is 5.56 Å². The molecule has 84 valence electrons. The summed E-state index contributed by atoms with van der Waals surface area (Å²) in [5.74, 6) is -0.431. The summed E-state index contributed by atoms with van der Waals surface area (Å²) in [6.45, 7) is 3.93. The molecule has 0 spiro atoms. The molecule has 0 saturated heterocycles. The number of benzene rings is 1. The fraction of sp³-hybridized carbons (Fsp3) is 0.250. The molecule has 0 fully saturated rings. The summed E-state index contributed by atoms with van der Waals surface area (Å²) >= 11 is 0. The van der Waals surface area contributed by atoms with Gasteiger partial charge in [-0.2, -0.15) is 0 Å². The molecular weight excluding hydrogens is 206 g/mol. The van der Waals surface area contributed by atoms with Crippen LogP contribution in [0, 0.1) is 11.8 Å². The fourth-order valence-corrected chi connectivity index (χ4v) is 1.22. The van der Waals surface area contributed by atoms with Crippen LogP contribution >= 0.6 is 0 Å². The van der Waals surface area contributed by atoms with Crippen molar-refractivity contribution in [2.75, 3.05) is 6.61 Å². The van der Waals surface area contributed by atoms with Gasteiger partial charge in [-0.15, -0.1) is 4.91 Å². The molecule has 0 heterocycles. The van der Waals surface area contributed by atoms with Gasteiger partial charge in [-0.05, 0) is 36.7 Å². The number of nitroso groups, excluding NO2 is 1. The van der Waals surface area contributed by atoms with Gasteiger partial charge in [0.2, 0.25) is 0 Å². The lowest BCUT2D eigenvalue weighted by molar-refractivity contribution is -0.137. The normalized spacial score (nSPS) is 10.4. The molecule has 4 nitrogen and oxygen atoms in total. The summed E-state index contributed by atoms with van der Waals surface area (Å²) in [5, 5.41) is 2.90. The quantitative estimate of drug-likeness (QED) is 0.444. The molecule has 16 heavy (non-hydrogen) atoms. The van der Waals surface area contributed by atoms with E-state index in [-0.39, 0.29) is 0 Å². The molecule has 1 aromatic rings. The van der Waals surface area contributed by atoms with Crippen LogP contribution in [-0.4, -0.2) is 12.6 Å². The summed E-state index contributed by atoms with van der Waals surface area (Å²) in [4.78, 5) is 21.6. The van der Waals surface area contributed by atoms with Gasteiger partial charge < -0.3 is 4.74 Å². The van der Waals surface area contributed by atoms with E-state index in [1.807, 2.05) is 13.0 Å². The zero-order valence-electron chi connectivity index (χ0n) is 9.27. The Balaban J connectivity index is 2.88. The standard InChI is InChI=1S/C12H13NO3/c1-3-16-12(14)7-6-10-5-4-9(2)8-11(10)13-15/h4-8H,3H2,1-2H3/b7-6+. The summed E-state index contributed by atoms with van der Waals surface area (Å²) in [7, 11) is 0. The Morgan fingerprint density at radius 1 is 1.50 bits per heavy atom. The Bertz CT molecular complexity index is 424. The first-order chi connectivity index (χ1) is 7.67. The van der Waals surface area contributed by atoms with Crippen LogP contribution in [0.15, 0.2) is 29.5 Å². The van der Waals surface area contributed by atoms with Gasteiger partial charge >= 0.3 is 5.97 Å². The zero-order valence-corrected chi connectivity index (χ0v) is 9.27. The SMILES string of the molecule is CCOC(=O)/C=C/c1ccc(C)cc1N=O. The maximum atomic E-state index is 11.1. The van der Waals surface area contributed by atoms with Gasteiger partial charge in [0.25, 0.3) is 0 Å². The van der Waals surface area contributed by atoms with Gasteiger partial charge in [-0.1, -0.05) is 12.1 Å². The predicted octanol–water partition coefficient (Wildman–Crippen LogP) is 2.97. The number of hydrogen-bond donors (Lipinski definition) is 0. The smallest absolute Gasteiger partial charge is 0.330 e. The van der Waals surface area contributed by atoms with Crippen molar-refractivity contribution in [1.82, 2.24) is 0 Å². The zero-order chi connectivity index (χ0) is 12.0. The lowest BCUT2D eigenvalue weighted by Crippen LogP contribution is -1.98. The number of hydrogen-bond acceptors (Lipinski definition) is 4. The molecule has 0 amide bonds. The molecule has 1 aromatic carbocycles. The van der Waals surface area contributed by atoms with Crippen molar-refractivity contribution in [3.05, 3.63) is 40.3 Å². The predicted molar refractivity (Wildman–Crippen MR) is 62.3 cm³/mol. The highest BCUT2D eigenvalue weighted by Crippen LogP contribution is 2.21. The monoisotopic (exact) mass is 219 g/mol. The maximum absolute atomic E-state index is 11.1. The van der Waals surface area contributed by atoms with Crippen LogP contribution < -0.4 is 0 Å². The van der Waals surface area contributed by atoms with Crippen LogP contribution in [0.2, 0.25) is 0 Å². The molecule has 0 unspecified atom stereocenters. The van der Waals surface area contributed by atoms with E-state index in [4.69, 9.17) is 4.74 Å². The topological polar surface area (TPSA) is 55.7 Å². The molecule has 0 N–H and O–H groups in total. The average Bonchev–Trinajstić information content (AvgIpc) is 2.27. The van der Waals surface area contributed by atoms with Crippen LogP contribution in [0.5, 0.6) is 0 Å². The highest BCUT2D eigenvalue weighted by atomic mass is 16.5. The van der Waals surface area contributed by atoms with Gasteiger partial charge in [-0.25, -0.2) is 4.79 Å². The summed E-state index contributed by atoms with van der Waals surface area (Å²) in [5.41, 5.74) is 1.87. The van der Waals surface area contributed by atoms with Crippen LogP contribution in [-0.2, 0) is 9.53 Å². The second-order valence-electron chi connectivity index (χ2n) is 3.24. The van der Waals surface area contributed by atoms with Crippen LogP contribution in [0.4, 0.5) is 5.69 Å². The third-order valence-corrected chi connectivity index (χ3v) is 1.97. The Morgan fingerprint density at radius 3 is 2.88 bits per heavy atom. The van der Waals surface area contributed by atoms with Crippen LogP contribution in [0.3, 0.4) is 0 Å². The average molecular weight is 219 g/mol. The van der Waals surface area contributed by atoms with E-state index in [1.165, 1.54) is 12.2 Å². The minimum Gasteiger partial charge on any atom is -0.463 e. The van der Waals surface area contributed by atoms with Gasteiger partial charge in [0, 0.05) is 11.6 Å². The Morgan fingerprint density at radius 2 is 2.25 bits per heavy atom. The number of nitrogens with zero attached hydrogens (tertiary/aromatic N) is 1. The number of rotatable bonds is 4. The number of aryl methyl sites for hydroxylation is 1. The first-order valence-electron chi connectivity index (χ1n) is 4.96. The Labute approximate surface area is 93.9 Å². The van der Waals surface area contributed by atoms with E-state index in [0.29, 0.717) is 17.9 Å². The van der Waals surface area contributed by atoms with Crippen molar-refractivity contribution in [3.63, 3.8) is 0 Å². The van der Waals surface area contributed by atoms with Gasteiger partial charge in [-0.3, -0.25) is 0 Å². The Kier molecular flexibility index (Phi) is 4.39. The molecule has 0 aliphatic carbocycles. The molecule has 0 bridgehead atoms. The van der Waals surface area contributed by atoms with E-state index in [1.54, 1.807) is 19.1 Å². The molecule has 1 rings (SSSR count). The minimum absolute atomic E-state index is 0.320. The highest BCUT2D eigenvalue weighted by Gasteiger charge is 2.01. The molecule has 0 aliphatic heterocycles.